The van der Waals surface area contributed by atoms with E-state index in [1.165, 1.54) is 0 Å². The highest BCUT2D eigenvalue weighted by atomic mass is 19.4. The number of carbonyl (C=O) groups excluding carboxylic acids is 2. The zero-order valence-corrected chi connectivity index (χ0v) is 12.4. The second-order valence-electron chi connectivity index (χ2n) is 4.45. The average Bonchev–Trinajstić information content (AvgIpc) is 2.52. The molecular weight excluding hydrogens is 417 g/mol. The van der Waals surface area contributed by atoms with Crippen molar-refractivity contribution in [3.8, 4) is 0 Å². The molecule has 15 heteroatoms. The highest BCUT2D eigenvalue weighted by molar-refractivity contribution is 5.81. The van der Waals surface area contributed by atoms with E-state index in [-0.39, 0.29) is 12.2 Å². The minimum atomic E-state index is -7.72. The Labute approximate surface area is 142 Å². The lowest BCUT2D eigenvalue weighted by molar-refractivity contribution is -0.445. The van der Waals surface area contributed by atoms with Gasteiger partial charge in [0.05, 0.1) is 0 Å². The molecule has 0 aliphatic carbocycles. The molecule has 1 atom stereocenters. The SMILES string of the molecule is C=CC(=O)OC(F)C(F)(F)C(F)(F)C(F)(F)C(F)(F)C(F)(F)OC(=O)C=C. The lowest BCUT2D eigenvalue weighted by Crippen LogP contribution is -2.69. The maximum absolute atomic E-state index is 13.3. The van der Waals surface area contributed by atoms with Gasteiger partial charge >= 0.3 is 48.1 Å². The highest BCUT2D eigenvalue weighted by Gasteiger charge is 2.89. The van der Waals surface area contributed by atoms with E-state index in [0.29, 0.717) is 0 Å². The van der Waals surface area contributed by atoms with Gasteiger partial charge in [-0.15, -0.1) is 0 Å². The van der Waals surface area contributed by atoms with Gasteiger partial charge in [0.2, 0.25) is 0 Å². The summed E-state index contributed by atoms with van der Waals surface area (Å²) in [6.07, 6.45) is -12.1. The summed E-state index contributed by atoms with van der Waals surface area (Å²) < 4.78 is 151. The van der Waals surface area contributed by atoms with Crippen molar-refractivity contribution in [3.63, 3.8) is 0 Å². The lowest BCUT2D eigenvalue weighted by atomic mass is 9.97. The Morgan fingerprint density at radius 3 is 1.52 bits per heavy atom. The third-order valence-corrected chi connectivity index (χ3v) is 2.64. The van der Waals surface area contributed by atoms with E-state index < -0.39 is 48.1 Å². The lowest BCUT2D eigenvalue weighted by Gasteiger charge is -2.38. The fourth-order valence-electron chi connectivity index (χ4n) is 1.19. The number of esters is 2. The predicted molar refractivity (Wildman–Crippen MR) is 62.2 cm³/mol. The molecule has 1 unspecified atom stereocenters. The zero-order valence-electron chi connectivity index (χ0n) is 12.4. The summed E-state index contributed by atoms with van der Waals surface area (Å²) in [5, 5.41) is 0. The van der Waals surface area contributed by atoms with Crippen LogP contribution in [0.2, 0.25) is 0 Å². The van der Waals surface area contributed by atoms with Gasteiger partial charge in [-0.2, -0.15) is 48.3 Å². The van der Waals surface area contributed by atoms with E-state index in [9.17, 15) is 57.9 Å². The molecule has 156 valence electrons. The molecule has 0 rings (SSSR count). The van der Waals surface area contributed by atoms with Crippen LogP contribution in [0.25, 0.3) is 0 Å². The molecule has 0 N–H and O–H groups in total. The van der Waals surface area contributed by atoms with E-state index in [1.807, 2.05) is 0 Å². The largest absolute Gasteiger partial charge is 0.473 e. The number of halogens is 11. The normalized spacial score (nSPS) is 14.9. The van der Waals surface area contributed by atoms with Crippen molar-refractivity contribution in [2.45, 2.75) is 36.2 Å². The minimum absolute atomic E-state index is 0.0869. The molecule has 0 amide bonds. The number of ether oxygens (including phenoxy) is 2. The third-order valence-electron chi connectivity index (χ3n) is 2.64. The molecule has 0 heterocycles. The van der Waals surface area contributed by atoms with Crippen LogP contribution in [-0.4, -0.2) is 48.1 Å². The number of rotatable bonds is 9. The maximum atomic E-state index is 13.3. The molecule has 0 aliphatic heterocycles. The first-order valence-electron chi connectivity index (χ1n) is 6.05. The Balaban J connectivity index is 6.12. The van der Waals surface area contributed by atoms with Crippen molar-refractivity contribution in [1.82, 2.24) is 0 Å². The van der Waals surface area contributed by atoms with Crippen LogP contribution >= 0.6 is 0 Å². The molecule has 0 aromatic rings. The topological polar surface area (TPSA) is 52.6 Å². The van der Waals surface area contributed by atoms with Gasteiger partial charge in [0, 0.05) is 12.2 Å². The number of hydrogen-bond donors (Lipinski definition) is 0. The van der Waals surface area contributed by atoms with Gasteiger partial charge in [-0.3, -0.25) is 0 Å². The molecule has 0 saturated carbocycles. The van der Waals surface area contributed by atoms with Crippen LogP contribution in [0.1, 0.15) is 0 Å². The highest BCUT2D eigenvalue weighted by Crippen LogP contribution is 2.58. The molecule has 27 heavy (non-hydrogen) atoms. The minimum Gasteiger partial charge on any atom is -0.421 e. The van der Waals surface area contributed by atoms with Crippen molar-refractivity contribution in [1.29, 1.82) is 0 Å². The Morgan fingerprint density at radius 2 is 1.15 bits per heavy atom. The van der Waals surface area contributed by atoms with E-state index in [2.05, 4.69) is 22.6 Å². The van der Waals surface area contributed by atoms with Crippen LogP contribution in [0.3, 0.4) is 0 Å². The Hall–Kier alpha value is -2.35. The van der Waals surface area contributed by atoms with Gasteiger partial charge in [-0.05, 0) is 0 Å². The molecular formula is C12H7F11O4. The third kappa shape index (κ3) is 4.00. The summed E-state index contributed by atoms with van der Waals surface area (Å²) in [5.41, 5.74) is 0. The van der Waals surface area contributed by atoms with E-state index in [4.69, 9.17) is 0 Å². The predicted octanol–water partition coefficient (Wildman–Crippen LogP) is 3.87. The molecule has 0 aromatic heterocycles. The van der Waals surface area contributed by atoms with Gasteiger partial charge < -0.3 is 9.47 Å². The standard InChI is InChI=1S/C12H7F11O4/c1-3-5(24)26-7(13)8(14,15)9(16,17)10(18,19)11(20,21)12(22,23)27-6(25)4-2/h3-4,7H,1-2H2. The molecule has 0 aromatic carbocycles. The summed E-state index contributed by atoms with van der Waals surface area (Å²) in [6.45, 7) is 4.94. The monoisotopic (exact) mass is 424 g/mol. The van der Waals surface area contributed by atoms with Crippen LogP contribution in [0.4, 0.5) is 48.3 Å². The summed E-state index contributed by atoms with van der Waals surface area (Å²) in [6, 6.07) is 0. The van der Waals surface area contributed by atoms with Gasteiger partial charge in [0.15, 0.2) is 0 Å². The Bertz CT molecular complexity index is 614. The summed E-state index contributed by atoms with van der Waals surface area (Å²) >= 11 is 0. The van der Waals surface area contributed by atoms with Crippen molar-refractivity contribution in [2.24, 2.45) is 0 Å². The van der Waals surface area contributed by atoms with Gasteiger partial charge in [0.25, 0.3) is 0 Å². The molecule has 0 radical (unpaired) electrons. The van der Waals surface area contributed by atoms with Crippen molar-refractivity contribution < 1.29 is 67.4 Å². The maximum Gasteiger partial charge on any atom is 0.473 e. The fraction of sp³-hybridized carbons (Fsp3) is 0.500. The van der Waals surface area contributed by atoms with Gasteiger partial charge in [-0.1, -0.05) is 13.2 Å². The molecule has 0 aliphatic rings. The zero-order chi connectivity index (χ0) is 22.1. The first kappa shape index (κ1) is 24.7. The summed E-state index contributed by atoms with van der Waals surface area (Å²) in [5.74, 6) is -34.4. The molecule has 0 fully saturated rings. The van der Waals surface area contributed by atoms with Crippen LogP contribution < -0.4 is 0 Å². The van der Waals surface area contributed by atoms with E-state index in [1.54, 1.807) is 0 Å². The van der Waals surface area contributed by atoms with Crippen molar-refractivity contribution in [2.75, 3.05) is 0 Å². The smallest absolute Gasteiger partial charge is 0.421 e. The first-order valence-corrected chi connectivity index (χ1v) is 6.05. The number of hydrogen-bond acceptors (Lipinski definition) is 4. The summed E-state index contributed by atoms with van der Waals surface area (Å²) in [7, 11) is 0. The van der Waals surface area contributed by atoms with E-state index >= 15 is 0 Å². The molecule has 0 bridgehead atoms. The van der Waals surface area contributed by atoms with Crippen LogP contribution in [0.15, 0.2) is 25.3 Å². The quantitative estimate of drug-likeness (QED) is 0.321. The van der Waals surface area contributed by atoms with Gasteiger partial charge in [-0.25, -0.2) is 9.59 Å². The second kappa shape index (κ2) is 7.34. The first-order chi connectivity index (χ1) is 11.8. The summed E-state index contributed by atoms with van der Waals surface area (Å²) in [4.78, 5) is 20.9. The fourth-order valence-corrected chi connectivity index (χ4v) is 1.19. The van der Waals surface area contributed by atoms with Gasteiger partial charge in [0.1, 0.15) is 0 Å². The van der Waals surface area contributed by atoms with Crippen LogP contribution in [-0.2, 0) is 19.1 Å². The molecule has 0 saturated heterocycles. The van der Waals surface area contributed by atoms with Crippen LogP contribution in [0, 0.1) is 0 Å². The van der Waals surface area contributed by atoms with Crippen molar-refractivity contribution in [3.05, 3.63) is 25.3 Å². The number of alkyl halides is 11. The van der Waals surface area contributed by atoms with E-state index in [0.717, 1.165) is 0 Å². The Morgan fingerprint density at radius 1 is 0.741 bits per heavy atom. The number of carbonyl (C=O) groups is 2. The second-order valence-corrected chi connectivity index (χ2v) is 4.45. The van der Waals surface area contributed by atoms with Crippen molar-refractivity contribution >= 4 is 11.9 Å². The van der Waals surface area contributed by atoms with Crippen LogP contribution in [0.5, 0.6) is 0 Å². The Kier molecular flexibility index (Phi) is 6.70. The molecule has 0 spiro atoms. The average molecular weight is 424 g/mol. The molecule has 4 nitrogen and oxygen atoms in total.